The minimum Gasteiger partial charge on any atom is -0.399 e. The van der Waals surface area contributed by atoms with Crippen molar-refractivity contribution in [1.29, 1.82) is 0 Å². The molecule has 0 fully saturated rings. The average molecular weight is 296 g/mol. The molecular weight excluding hydrogens is 276 g/mol. The lowest BCUT2D eigenvalue weighted by Gasteiger charge is -2.21. The Labute approximate surface area is 120 Å². The van der Waals surface area contributed by atoms with Gasteiger partial charge in [-0.3, -0.25) is 0 Å². The molecule has 0 amide bonds. The van der Waals surface area contributed by atoms with Crippen LogP contribution in [0.5, 0.6) is 0 Å². The van der Waals surface area contributed by atoms with E-state index in [-0.39, 0.29) is 10.6 Å². The van der Waals surface area contributed by atoms with Gasteiger partial charge in [-0.25, -0.2) is 0 Å². The Morgan fingerprint density at radius 1 is 0.800 bits per heavy atom. The molecule has 0 unspecified atom stereocenters. The van der Waals surface area contributed by atoms with Gasteiger partial charge in [0, 0.05) is 5.69 Å². The van der Waals surface area contributed by atoms with Gasteiger partial charge in [-0.1, -0.05) is 23.8 Å². The minimum absolute atomic E-state index is 0.0116. The normalized spacial score (nSPS) is 11.4. The van der Waals surface area contributed by atoms with Crippen molar-refractivity contribution < 1.29 is 13.7 Å². The SMILES string of the molecule is Cc1ccc(N)c(S(O)(O)O)c1.Cc1ccc(N)cc1. The van der Waals surface area contributed by atoms with Crippen molar-refractivity contribution in [2.24, 2.45) is 0 Å². The highest BCUT2D eigenvalue weighted by molar-refractivity contribution is 8.19. The summed E-state index contributed by atoms with van der Waals surface area (Å²) in [6.07, 6.45) is 0. The van der Waals surface area contributed by atoms with E-state index >= 15 is 0 Å². The van der Waals surface area contributed by atoms with Crippen molar-refractivity contribution in [2.45, 2.75) is 18.7 Å². The molecule has 2 aromatic rings. The number of aryl methyl sites for hydroxylation is 2. The number of hydrogen-bond acceptors (Lipinski definition) is 5. The summed E-state index contributed by atoms with van der Waals surface area (Å²) in [6.45, 7) is 3.81. The molecule has 0 aromatic heterocycles. The predicted molar refractivity (Wildman–Crippen MR) is 84.9 cm³/mol. The van der Waals surface area contributed by atoms with Gasteiger partial charge in [0.05, 0.1) is 10.6 Å². The van der Waals surface area contributed by atoms with Crippen LogP contribution in [0.1, 0.15) is 11.1 Å². The first-order chi connectivity index (χ1) is 9.20. The van der Waals surface area contributed by atoms with Crippen molar-refractivity contribution in [2.75, 3.05) is 11.5 Å². The van der Waals surface area contributed by atoms with Crippen LogP contribution in [0.15, 0.2) is 47.4 Å². The third-order valence-corrected chi connectivity index (χ3v) is 3.49. The van der Waals surface area contributed by atoms with Crippen LogP contribution in [0.25, 0.3) is 0 Å². The fourth-order valence-electron chi connectivity index (χ4n) is 1.45. The van der Waals surface area contributed by atoms with E-state index < -0.39 is 10.9 Å². The first-order valence-electron chi connectivity index (χ1n) is 5.89. The van der Waals surface area contributed by atoms with Gasteiger partial charge in [0.2, 0.25) is 0 Å². The molecule has 0 aliphatic carbocycles. The third kappa shape index (κ3) is 5.10. The van der Waals surface area contributed by atoms with E-state index in [9.17, 15) is 0 Å². The number of nitrogens with two attached hydrogens (primary N) is 2. The largest absolute Gasteiger partial charge is 0.399 e. The molecule has 0 saturated carbocycles. The fraction of sp³-hybridized carbons (Fsp3) is 0.143. The maximum Gasteiger partial charge on any atom is 0.115 e. The number of rotatable bonds is 1. The standard InChI is InChI=1S/C7H11NO3S.C7H9N/c1-5-2-3-6(8)7(4-5)12(9,10)11;1-6-2-4-7(8)5-3-6/h2-4,9-11H,8H2,1H3;2-5H,8H2,1H3. The molecule has 0 aliphatic rings. The first-order valence-corrected chi connectivity index (χ1v) is 7.39. The molecule has 0 bridgehead atoms. The molecule has 2 aromatic carbocycles. The van der Waals surface area contributed by atoms with Crippen LogP contribution in [0.4, 0.5) is 11.4 Å². The average Bonchev–Trinajstić information content (AvgIpc) is 2.35. The Hall–Kier alpha value is -1.73. The van der Waals surface area contributed by atoms with Gasteiger partial charge in [-0.05, 0) is 43.7 Å². The fourth-order valence-corrected chi connectivity index (χ4v) is 2.17. The molecule has 20 heavy (non-hydrogen) atoms. The van der Waals surface area contributed by atoms with Crippen LogP contribution in [-0.2, 0) is 0 Å². The second-order valence-electron chi connectivity index (χ2n) is 4.47. The van der Waals surface area contributed by atoms with E-state index in [1.54, 1.807) is 13.0 Å². The van der Waals surface area contributed by atoms with Gasteiger partial charge in [0.25, 0.3) is 0 Å². The Morgan fingerprint density at radius 2 is 1.30 bits per heavy atom. The summed E-state index contributed by atoms with van der Waals surface area (Å²) < 4.78 is 26.7. The highest BCUT2D eigenvalue weighted by Gasteiger charge is 2.18. The van der Waals surface area contributed by atoms with Crippen LogP contribution >= 0.6 is 10.9 Å². The Morgan fingerprint density at radius 3 is 1.70 bits per heavy atom. The highest BCUT2D eigenvalue weighted by Crippen LogP contribution is 2.46. The maximum absolute atomic E-state index is 8.91. The van der Waals surface area contributed by atoms with Crippen molar-refractivity contribution in [3.05, 3.63) is 53.6 Å². The lowest BCUT2D eigenvalue weighted by Crippen LogP contribution is -2.00. The van der Waals surface area contributed by atoms with Crippen LogP contribution in [0.2, 0.25) is 0 Å². The lowest BCUT2D eigenvalue weighted by molar-refractivity contribution is 0.376. The van der Waals surface area contributed by atoms with E-state index in [4.69, 9.17) is 25.1 Å². The molecule has 0 aliphatic heterocycles. The van der Waals surface area contributed by atoms with E-state index in [1.165, 1.54) is 17.7 Å². The van der Waals surface area contributed by atoms with Gasteiger partial charge in [0.1, 0.15) is 10.9 Å². The lowest BCUT2D eigenvalue weighted by atomic mass is 10.2. The Balaban J connectivity index is 0.000000217. The molecular formula is C14H20N2O3S. The Kier molecular flexibility index (Phi) is 5.41. The molecule has 5 nitrogen and oxygen atoms in total. The Bertz CT molecular complexity index is 545. The number of benzene rings is 2. The van der Waals surface area contributed by atoms with Crippen molar-refractivity contribution >= 4 is 22.2 Å². The van der Waals surface area contributed by atoms with Crippen LogP contribution in [-0.4, -0.2) is 13.7 Å². The minimum atomic E-state index is -3.68. The van der Waals surface area contributed by atoms with E-state index in [1.807, 2.05) is 31.2 Å². The van der Waals surface area contributed by atoms with Gasteiger partial charge in [-0.2, -0.15) is 0 Å². The quantitative estimate of drug-likeness (QED) is 0.514. The molecule has 110 valence electrons. The molecule has 7 N–H and O–H groups in total. The summed E-state index contributed by atoms with van der Waals surface area (Å²) >= 11 is 0. The van der Waals surface area contributed by atoms with Crippen molar-refractivity contribution in [3.8, 4) is 0 Å². The van der Waals surface area contributed by atoms with Crippen LogP contribution in [0, 0.1) is 13.8 Å². The predicted octanol–water partition coefficient (Wildman–Crippen LogP) is 3.74. The summed E-state index contributed by atoms with van der Waals surface area (Å²) in [6, 6.07) is 12.5. The molecule has 0 spiro atoms. The number of hydrogen-bond donors (Lipinski definition) is 5. The van der Waals surface area contributed by atoms with Crippen molar-refractivity contribution in [3.63, 3.8) is 0 Å². The van der Waals surface area contributed by atoms with Gasteiger partial charge in [-0.15, -0.1) is 0 Å². The number of anilines is 2. The monoisotopic (exact) mass is 296 g/mol. The zero-order chi connectivity index (χ0) is 15.3. The summed E-state index contributed by atoms with van der Waals surface area (Å²) in [7, 11) is -3.68. The van der Waals surface area contributed by atoms with E-state index in [0.29, 0.717) is 0 Å². The zero-order valence-electron chi connectivity index (χ0n) is 11.4. The number of nitrogen functional groups attached to an aromatic ring is 2. The van der Waals surface area contributed by atoms with E-state index in [0.717, 1.165) is 11.3 Å². The topological polar surface area (TPSA) is 113 Å². The molecule has 0 saturated heterocycles. The van der Waals surface area contributed by atoms with Gasteiger partial charge < -0.3 is 25.1 Å². The second-order valence-corrected chi connectivity index (χ2v) is 5.95. The van der Waals surface area contributed by atoms with Gasteiger partial charge >= 0.3 is 0 Å². The summed E-state index contributed by atoms with van der Waals surface area (Å²) in [5.74, 6) is 0. The second kappa shape index (κ2) is 6.62. The molecule has 6 heteroatoms. The summed E-state index contributed by atoms with van der Waals surface area (Å²) in [5.41, 5.74) is 13.9. The van der Waals surface area contributed by atoms with Gasteiger partial charge in [0.15, 0.2) is 0 Å². The van der Waals surface area contributed by atoms with E-state index in [2.05, 4.69) is 0 Å². The van der Waals surface area contributed by atoms with Crippen LogP contribution < -0.4 is 11.5 Å². The smallest absolute Gasteiger partial charge is 0.115 e. The third-order valence-electron chi connectivity index (χ3n) is 2.54. The molecule has 0 heterocycles. The first kappa shape index (κ1) is 16.3. The summed E-state index contributed by atoms with van der Waals surface area (Å²) in [4.78, 5) is -0.0116. The highest BCUT2D eigenvalue weighted by atomic mass is 32.3. The molecule has 0 atom stereocenters. The zero-order valence-corrected chi connectivity index (χ0v) is 12.3. The maximum atomic E-state index is 8.91. The van der Waals surface area contributed by atoms with Crippen LogP contribution in [0.3, 0.4) is 0 Å². The molecule has 2 rings (SSSR count). The van der Waals surface area contributed by atoms with Crippen molar-refractivity contribution in [1.82, 2.24) is 0 Å². The summed E-state index contributed by atoms with van der Waals surface area (Å²) in [5, 5.41) is 0. The molecule has 0 radical (unpaired) electrons.